The Hall–Kier alpha value is -0.550. The zero-order chi connectivity index (χ0) is 11.3. The molecule has 0 saturated heterocycles. The van der Waals surface area contributed by atoms with Gasteiger partial charge in [0.25, 0.3) is 0 Å². The maximum absolute atomic E-state index is 10.5. The molecule has 1 rings (SSSR count). The van der Waals surface area contributed by atoms with Crippen LogP contribution in [0.5, 0.6) is 0 Å². The zero-order valence-corrected chi connectivity index (χ0v) is 10.00. The van der Waals surface area contributed by atoms with Crippen LogP contribution in [0.25, 0.3) is 0 Å². The molecule has 1 saturated carbocycles. The molecule has 0 radical (unpaired) electrons. The molecule has 86 valence electrons. The van der Waals surface area contributed by atoms with E-state index in [1.165, 1.54) is 6.42 Å². The van der Waals surface area contributed by atoms with Crippen molar-refractivity contribution >= 4 is 0 Å². The van der Waals surface area contributed by atoms with Crippen LogP contribution < -0.4 is 0 Å². The molecule has 0 heterocycles. The molecule has 0 aliphatic heterocycles. The highest BCUT2D eigenvalue weighted by Gasteiger charge is 2.37. The van der Waals surface area contributed by atoms with Crippen LogP contribution >= 0.6 is 0 Å². The van der Waals surface area contributed by atoms with Crippen molar-refractivity contribution in [1.29, 1.82) is 5.26 Å². The molecular formula is C13H23NO. The van der Waals surface area contributed by atoms with Crippen molar-refractivity contribution in [2.75, 3.05) is 0 Å². The van der Waals surface area contributed by atoms with Gasteiger partial charge in [0.2, 0.25) is 0 Å². The monoisotopic (exact) mass is 209 g/mol. The Morgan fingerprint density at radius 2 is 2.20 bits per heavy atom. The fraction of sp³-hybridized carbons (Fsp3) is 0.923. The second-order valence-electron chi connectivity index (χ2n) is 5.11. The topological polar surface area (TPSA) is 44.0 Å². The summed E-state index contributed by atoms with van der Waals surface area (Å²) in [5.41, 5.74) is -0.699. The minimum absolute atomic E-state index is 0.159. The summed E-state index contributed by atoms with van der Waals surface area (Å²) in [4.78, 5) is 0. The fourth-order valence-electron chi connectivity index (χ4n) is 2.61. The molecule has 0 aromatic carbocycles. The predicted molar refractivity (Wildman–Crippen MR) is 61.2 cm³/mol. The van der Waals surface area contributed by atoms with E-state index in [-0.39, 0.29) is 5.92 Å². The lowest BCUT2D eigenvalue weighted by Gasteiger charge is -2.31. The Labute approximate surface area is 93.3 Å². The van der Waals surface area contributed by atoms with Gasteiger partial charge in [-0.2, -0.15) is 5.26 Å². The van der Waals surface area contributed by atoms with Crippen molar-refractivity contribution in [3.05, 3.63) is 0 Å². The molecule has 2 heteroatoms. The van der Waals surface area contributed by atoms with Gasteiger partial charge in [0.15, 0.2) is 0 Å². The minimum atomic E-state index is -0.699. The summed E-state index contributed by atoms with van der Waals surface area (Å²) < 4.78 is 0. The van der Waals surface area contributed by atoms with E-state index in [1.807, 2.05) is 0 Å². The lowest BCUT2D eigenvalue weighted by molar-refractivity contribution is -0.0156. The lowest BCUT2D eigenvalue weighted by Crippen LogP contribution is -2.36. The van der Waals surface area contributed by atoms with Crippen molar-refractivity contribution in [2.45, 2.75) is 64.4 Å². The number of nitriles is 1. The van der Waals surface area contributed by atoms with Gasteiger partial charge in [0, 0.05) is 0 Å². The van der Waals surface area contributed by atoms with E-state index in [0.717, 1.165) is 38.5 Å². The van der Waals surface area contributed by atoms with Gasteiger partial charge in [-0.3, -0.25) is 0 Å². The van der Waals surface area contributed by atoms with Crippen LogP contribution in [-0.4, -0.2) is 10.7 Å². The SMILES string of the molecule is CCCC(C#N)C1(O)CCCC(C)CC1. The number of hydrogen-bond donors (Lipinski definition) is 1. The van der Waals surface area contributed by atoms with Gasteiger partial charge in [0.05, 0.1) is 17.6 Å². The van der Waals surface area contributed by atoms with Crippen LogP contribution in [-0.2, 0) is 0 Å². The number of nitrogens with zero attached hydrogens (tertiary/aromatic N) is 1. The van der Waals surface area contributed by atoms with E-state index >= 15 is 0 Å². The third kappa shape index (κ3) is 3.21. The van der Waals surface area contributed by atoms with E-state index in [4.69, 9.17) is 5.26 Å². The smallest absolute Gasteiger partial charge is 0.0805 e. The first kappa shape index (κ1) is 12.5. The average Bonchev–Trinajstić information content (AvgIpc) is 2.38. The highest BCUT2D eigenvalue weighted by molar-refractivity contribution is 4.99. The summed E-state index contributed by atoms with van der Waals surface area (Å²) in [6.07, 6.45) is 6.78. The first-order valence-corrected chi connectivity index (χ1v) is 6.24. The first-order valence-electron chi connectivity index (χ1n) is 6.24. The summed E-state index contributed by atoms with van der Waals surface area (Å²) >= 11 is 0. The van der Waals surface area contributed by atoms with Crippen molar-refractivity contribution < 1.29 is 5.11 Å². The van der Waals surface area contributed by atoms with Crippen LogP contribution in [0, 0.1) is 23.2 Å². The summed E-state index contributed by atoms with van der Waals surface area (Å²) in [5.74, 6) is 0.549. The maximum Gasteiger partial charge on any atom is 0.0805 e. The molecule has 3 atom stereocenters. The third-order valence-corrected chi connectivity index (χ3v) is 3.76. The highest BCUT2D eigenvalue weighted by Crippen LogP contribution is 2.36. The fourth-order valence-corrected chi connectivity index (χ4v) is 2.61. The quantitative estimate of drug-likeness (QED) is 0.725. The Balaban J connectivity index is 2.66. The molecule has 0 bridgehead atoms. The summed E-state index contributed by atoms with van der Waals surface area (Å²) in [6.45, 7) is 4.32. The Kier molecular flexibility index (Phi) is 4.60. The van der Waals surface area contributed by atoms with Gasteiger partial charge >= 0.3 is 0 Å². The van der Waals surface area contributed by atoms with Gasteiger partial charge in [-0.05, 0) is 31.6 Å². The zero-order valence-electron chi connectivity index (χ0n) is 10.00. The van der Waals surface area contributed by atoms with Crippen molar-refractivity contribution in [1.82, 2.24) is 0 Å². The molecular weight excluding hydrogens is 186 g/mol. The molecule has 1 aliphatic carbocycles. The number of rotatable bonds is 3. The molecule has 1 fully saturated rings. The Bertz CT molecular complexity index is 233. The van der Waals surface area contributed by atoms with Gasteiger partial charge in [0.1, 0.15) is 0 Å². The second-order valence-corrected chi connectivity index (χ2v) is 5.11. The Morgan fingerprint density at radius 1 is 1.47 bits per heavy atom. The standard InChI is InChI=1S/C13H23NO/c1-3-5-12(10-14)13(15)8-4-6-11(2)7-9-13/h11-12,15H,3-9H2,1-2H3. The van der Waals surface area contributed by atoms with Gasteiger partial charge in [-0.1, -0.05) is 33.1 Å². The molecule has 3 unspecified atom stereocenters. The summed E-state index contributed by atoms with van der Waals surface area (Å²) in [6, 6.07) is 2.31. The van der Waals surface area contributed by atoms with Crippen molar-refractivity contribution in [3.8, 4) is 6.07 Å². The average molecular weight is 209 g/mol. The first-order chi connectivity index (χ1) is 7.12. The maximum atomic E-state index is 10.5. The third-order valence-electron chi connectivity index (χ3n) is 3.76. The molecule has 0 spiro atoms. The minimum Gasteiger partial charge on any atom is -0.389 e. The predicted octanol–water partition coefficient (Wildman–Crippen LogP) is 3.26. The van der Waals surface area contributed by atoms with Gasteiger partial charge in [-0.25, -0.2) is 0 Å². The van der Waals surface area contributed by atoms with Crippen molar-refractivity contribution in [2.24, 2.45) is 11.8 Å². The largest absolute Gasteiger partial charge is 0.389 e. The van der Waals surface area contributed by atoms with E-state index < -0.39 is 5.60 Å². The van der Waals surface area contributed by atoms with Crippen LogP contribution in [0.1, 0.15) is 58.8 Å². The summed E-state index contributed by atoms with van der Waals surface area (Å²) in [5, 5.41) is 19.7. The van der Waals surface area contributed by atoms with Crippen molar-refractivity contribution in [3.63, 3.8) is 0 Å². The van der Waals surface area contributed by atoms with E-state index in [0.29, 0.717) is 5.92 Å². The Morgan fingerprint density at radius 3 is 2.80 bits per heavy atom. The van der Waals surface area contributed by atoms with Gasteiger partial charge < -0.3 is 5.11 Å². The molecule has 0 amide bonds. The molecule has 1 N–H and O–H groups in total. The normalized spacial score (nSPS) is 34.1. The molecule has 0 aromatic rings. The van der Waals surface area contributed by atoms with Crippen LogP contribution in [0.2, 0.25) is 0 Å². The van der Waals surface area contributed by atoms with Crippen LogP contribution in [0.3, 0.4) is 0 Å². The molecule has 1 aliphatic rings. The van der Waals surface area contributed by atoms with E-state index in [9.17, 15) is 5.11 Å². The van der Waals surface area contributed by atoms with E-state index in [2.05, 4.69) is 19.9 Å². The number of aliphatic hydroxyl groups is 1. The van der Waals surface area contributed by atoms with E-state index in [1.54, 1.807) is 0 Å². The second kappa shape index (κ2) is 5.51. The highest BCUT2D eigenvalue weighted by atomic mass is 16.3. The van der Waals surface area contributed by atoms with Crippen LogP contribution in [0.15, 0.2) is 0 Å². The number of hydrogen-bond acceptors (Lipinski definition) is 2. The van der Waals surface area contributed by atoms with Crippen LogP contribution in [0.4, 0.5) is 0 Å². The molecule has 0 aromatic heterocycles. The molecule has 2 nitrogen and oxygen atoms in total. The van der Waals surface area contributed by atoms with Gasteiger partial charge in [-0.15, -0.1) is 0 Å². The molecule has 15 heavy (non-hydrogen) atoms. The summed E-state index contributed by atoms with van der Waals surface area (Å²) in [7, 11) is 0. The lowest BCUT2D eigenvalue weighted by atomic mass is 9.79.